The van der Waals surface area contributed by atoms with Crippen LogP contribution in [0.2, 0.25) is 0 Å². The molecular weight excluding hydrogens is 170 g/mol. The van der Waals surface area contributed by atoms with Gasteiger partial charge in [-0.3, -0.25) is 4.79 Å². The number of phenols is 1. The van der Waals surface area contributed by atoms with Crippen LogP contribution in [-0.4, -0.2) is 11.1 Å². The number of ether oxygens (including phenoxy) is 1. The number of hydrogen-bond acceptors (Lipinski definition) is 4. The van der Waals surface area contributed by atoms with E-state index in [1.165, 1.54) is 13.0 Å². The van der Waals surface area contributed by atoms with Gasteiger partial charge in [-0.25, -0.2) is 0 Å². The molecule has 4 heteroatoms. The van der Waals surface area contributed by atoms with E-state index in [0.29, 0.717) is 11.3 Å². The summed E-state index contributed by atoms with van der Waals surface area (Å²) in [5.74, 6) is -0.308. The van der Waals surface area contributed by atoms with Crippen LogP contribution in [0.5, 0.6) is 5.75 Å². The molecule has 0 aromatic heterocycles. The average Bonchev–Trinajstić information content (AvgIpc) is 2.06. The summed E-state index contributed by atoms with van der Waals surface area (Å²) in [4.78, 5) is 10.5. The maximum atomic E-state index is 10.5. The molecule has 1 aromatic rings. The third-order valence-electron chi connectivity index (χ3n) is 1.53. The summed E-state index contributed by atoms with van der Waals surface area (Å²) < 4.78 is 4.71. The summed E-state index contributed by atoms with van der Waals surface area (Å²) in [5, 5.41) is 9.30. The fourth-order valence-corrected chi connectivity index (χ4v) is 0.900. The molecule has 0 saturated carbocycles. The number of anilines is 1. The molecule has 0 atom stereocenters. The normalized spacial score (nSPS) is 9.62. The second kappa shape index (κ2) is 3.80. The van der Waals surface area contributed by atoms with Gasteiger partial charge in [0, 0.05) is 18.2 Å². The van der Waals surface area contributed by atoms with Gasteiger partial charge in [0.2, 0.25) is 0 Å². The van der Waals surface area contributed by atoms with Gasteiger partial charge in [0.1, 0.15) is 12.4 Å². The van der Waals surface area contributed by atoms with Gasteiger partial charge in [-0.05, 0) is 18.2 Å². The Bertz CT molecular complexity index is 323. The van der Waals surface area contributed by atoms with Gasteiger partial charge in [-0.1, -0.05) is 0 Å². The van der Waals surface area contributed by atoms with Crippen LogP contribution in [0.3, 0.4) is 0 Å². The highest BCUT2D eigenvalue weighted by molar-refractivity contribution is 5.66. The first kappa shape index (κ1) is 9.38. The molecule has 0 radical (unpaired) electrons. The molecule has 1 rings (SSSR count). The second-order valence-electron chi connectivity index (χ2n) is 2.67. The van der Waals surface area contributed by atoms with Crippen LogP contribution < -0.4 is 5.73 Å². The third-order valence-corrected chi connectivity index (χ3v) is 1.53. The van der Waals surface area contributed by atoms with Crippen molar-refractivity contribution in [1.29, 1.82) is 0 Å². The molecule has 0 aliphatic carbocycles. The molecule has 0 heterocycles. The zero-order valence-electron chi connectivity index (χ0n) is 7.28. The van der Waals surface area contributed by atoms with Crippen LogP contribution in [0, 0.1) is 0 Å². The average molecular weight is 181 g/mol. The molecule has 70 valence electrons. The summed E-state index contributed by atoms with van der Waals surface area (Å²) in [6.45, 7) is 1.36. The summed E-state index contributed by atoms with van der Waals surface area (Å²) in [5.41, 5.74) is 6.52. The minimum absolute atomic E-state index is 0.0478. The number of rotatable bonds is 2. The van der Waals surface area contributed by atoms with Gasteiger partial charge < -0.3 is 15.6 Å². The predicted molar refractivity (Wildman–Crippen MR) is 48.0 cm³/mol. The Morgan fingerprint density at radius 3 is 2.92 bits per heavy atom. The van der Waals surface area contributed by atoms with E-state index in [0.717, 1.165) is 0 Å². The summed E-state index contributed by atoms with van der Waals surface area (Å²) in [7, 11) is 0. The van der Waals surface area contributed by atoms with Gasteiger partial charge in [-0.15, -0.1) is 0 Å². The number of hydrogen-bond donors (Lipinski definition) is 2. The van der Waals surface area contributed by atoms with E-state index in [1.807, 2.05) is 0 Å². The highest BCUT2D eigenvalue weighted by Crippen LogP contribution is 2.20. The van der Waals surface area contributed by atoms with E-state index in [-0.39, 0.29) is 18.3 Å². The van der Waals surface area contributed by atoms with Crippen LogP contribution in [0.1, 0.15) is 12.5 Å². The molecule has 0 fully saturated rings. The molecular formula is C9H11NO3. The molecule has 0 bridgehead atoms. The van der Waals surface area contributed by atoms with Crippen LogP contribution in [0.15, 0.2) is 18.2 Å². The summed E-state index contributed by atoms with van der Waals surface area (Å²) in [6.07, 6.45) is 0. The van der Waals surface area contributed by atoms with E-state index >= 15 is 0 Å². The minimum Gasteiger partial charge on any atom is -0.508 e. The third kappa shape index (κ3) is 2.66. The van der Waals surface area contributed by atoms with E-state index in [4.69, 9.17) is 10.5 Å². The Labute approximate surface area is 75.9 Å². The Morgan fingerprint density at radius 1 is 1.62 bits per heavy atom. The van der Waals surface area contributed by atoms with Crippen molar-refractivity contribution in [3.8, 4) is 5.75 Å². The number of nitrogen functional groups attached to an aromatic ring is 1. The van der Waals surface area contributed by atoms with Crippen molar-refractivity contribution in [3.63, 3.8) is 0 Å². The zero-order chi connectivity index (χ0) is 9.84. The fourth-order valence-electron chi connectivity index (χ4n) is 0.900. The highest BCUT2D eigenvalue weighted by atomic mass is 16.5. The lowest BCUT2D eigenvalue weighted by molar-refractivity contribution is -0.142. The van der Waals surface area contributed by atoms with Gasteiger partial charge in [0.05, 0.1) is 0 Å². The minimum atomic E-state index is -0.387. The molecule has 13 heavy (non-hydrogen) atoms. The van der Waals surface area contributed by atoms with E-state index in [2.05, 4.69) is 0 Å². The van der Waals surface area contributed by atoms with E-state index < -0.39 is 0 Å². The zero-order valence-corrected chi connectivity index (χ0v) is 7.28. The van der Waals surface area contributed by atoms with E-state index in [1.54, 1.807) is 12.1 Å². The molecule has 0 aliphatic rings. The number of benzene rings is 1. The molecule has 0 spiro atoms. The van der Waals surface area contributed by atoms with Gasteiger partial charge in [-0.2, -0.15) is 0 Å². The van der Waals surface area contributed by atoms with Crippen molar-refractivity contribution in [3.05, 3.63) is 23.8 Å². The van der Waals surface area contributed by atoms with Crippen molar-refractivity contribution in [2.45, 2.75) is 13.5 Å². The Balaban J connectivity index is 2.75. The van der Waals surface area contributed by atoms with Crippen molar-refractivity contribution < 1.29 is 14.6 Å². The molecule has 4 nitrogen and oxygen atoms in total. The predicted octanol–water partition coefficient (Wildman–Crippen LogP) is 1.04. The first-order valence-electron chi connectivity index (χ1n) is 3.80. The SMILES string of the molecule is CC(=O)OCc1cc(N)ccc1O. The van der Waals surface area contributed by atoms with Gasteiger partial charge in [0.25, 0.3) is 0 Å². The molecule has 0 aliphatic heterocycles. The highest BCUT2D eigenvalue weighted by Gasteiger charge is 2.02. The Hall–Kier alpha value is -1.71. The number of nitrogens with two attached hydrogens (primary N) is 1. The first-order valence-corrected chi connectivity index (χ1v) is 3.80. The molecule has 3 N–H and O–H groups in total. The van der Waals surface area contributed by atoms with Crippen molar-refractivity contribution in [1.82, 2.24) is 0 Å². The maximum absolute atomic E-state index is 10.5. The monoisotopic (exact) mass is 181 g/mol. The fraction of sp³-hybridized carbons (Fsp3) is 0.222. The lowest BCUT2D eigenvalue weighted by Crippen LogP contribution is -1.99. The van der Waals surface area contributed by atoms with Crippen LogP contribution in [0.4, 0.5) is 5.69 Å². The Kier molecular flexibility index (Phi) is 2.74. The Morgan fingerprint density at radius 2 is 2.31 bits per heavy atom. The number of carbonyl (C=O) groups excluding carboxylic acids is 1. The quantitative estimate of drug-likeness (QED) is 0.406. The standard InChI is InChI=1S/C9H11NO3/c1-6(11)13-5-7-4-8(10)2-3-9(7)12/h2-4,12H,5,10H2,1H3. The molecule has 1 aromatic carbocycles. The molecule has 0 unspecified atom stereocenters. The van der Waals surface area contributed by atoms with E-state index in [9.17, 15) is 9.90 Å². The molecule has 0 saturated heterocycles. The summed E-state index contributed by atoms with van der Waals surface area (Å²) >= 11 is 0. The van der Waals surface area contributed by atoms with Crippen molar-refractivity contribution in [2.24, 2.45) is 0 Å². The summed E-state index contributed by atoms with van der Waals surface area (Å²) in [6, 6.07) is 4.61. The topological polar surface area (TPSA) is 72.5 Å². The van der Waals surface area contributed by atoms with Gasteiger partial charge >= 0.3 is 5.97 Å². The second-order valence-corrected chi connectivity index (χ2v) is 2.67. The van der Waals surface area contributed by atoms with Crippen molar-refractivity contribution >= 4 is 11.7 Å². The van der Waals surface area contributed by atoms with Crippen LogP contribution in [-0.2, 0) is 16.1 Å². The molecule has 0 amide bonds. The largest absolute Gasteiger partial charge is 0.508 e. The van der Waals surface area contributed by atoms with Crippen LogP contribution >= 0.6 is 0 Å². The number of phenolic OH excluding ortho intramolecular Hbond substituents is 1. The number of carbonyl (C=O) groups is 1. The maximum Gasteiger partial charge on any atom is 0.302 e. The van der Waals surface area contributed by atoms with Gasteiger partial charge in [0.15, 0.2) is 0 Å². The smallest absolute Gasteiger partial charge is 0.302 e. The van der Waals surface area contributed by atoms with Crippen LogP contribution in [0.25, 0.3) is 0 Å². The lowest BCUT2D eigenvalue weighted by atomic mass is 10.2. The van der Waals surface area contributed by atoms with Crippen molar-refractivity contribution in [2.75, 3.05) is 5.73 Å². The number of aromatic hydroxyl groups is 1. The number of esters is 1. The first-order chi connectivity index (χ1) is 6.09. The lowest BCUT2D eigenvalue weighted by Gasteiger charge is -2.05.